The number of carbonyl (C=O) groups is 1. The second-order valence-corrected chi connectivity index (χ2v) is 7.33. The fourth-order valence-corrected chi connectivity index (χ4v) is 3.64. The van der Waals surface area contributed by atoms with E-state index in [1.165, 1.54) is 11.8 Å². The van der Waals surface area contributed by atoms with Crippen molar-refractivity contribution in [3.05, 3.63) is 61.4 Å². The Balaban J connectivity index is 1.69. The van der Waals surface area contributed by atoms with Crippen LogP contribution >= 0.6 is 23.5 Å². The third kappa shape index (κ3) is 4.99. The summed E-state index contributed by atoms with van der Waals surface area (Å²) in [6.45, 7) is 4.36. The van der Waals surface area contributed by atoms with E-state index < -0.39 is 0 Å². The van der Waals surface area contributed by atoms with Crippen LogP contribution in [-0.2, 0) is 11.3 Å². The van der Waals surface area contributed by atoms with Crippen molar-refractivity contribution in [2.45, 2.75) is 16.6 Å². The minimum absolute atomic E-state index is 0.0862. The summed E-state index contributed by atoms with van der Waals surface area (Å²) in [5.41, 5.74) is 1.71. The molecule has 0 aliphatic carbocycles. The molecule has 2 heterocycles. The number of amides is 1. The lowest BCUT2D eigenvalue weighted by Crippen LogP contribution is -2.14. The molecule has 27 heavy (non-hydrogen) atoms. The first-order valence-electron chi connectivity index (χ1n) is 8.22. The van der Waals surface area contributed by atoms with Crippen molar-refractivity contribution >= 4 is 35.1 Å². The Labute approximate surface area is 166 Å². The molecule has 0 saturated heterocycles. The van der Waals surface area contributed by atoms with Crippen molar-refractivity contribution in [2.75, 3.05) is 17.3 Å². The number of nitrogens with one attached hydrogen (secondary N) is 1. The standard InChI is InChI=1S/C19H19N5OS2/c1-3-11-24-18(14-7-9-20-10-8-14)22-23-19(24)27-13-17(25)21-15-5-4-6-16(12-15)26-2/h3-10,12H,1,11,13H2,2H3,(H,21,25). The van der Waals surface area contributed by atoms with Gasteiger partial charge in [0.1, 0.15) is 0 Å². The number of thioether (sulfide) groups is 2. The van der Waals surface area contributed by atoms with Gasteiger partial charge >= 0.3 is 0 Å². The van der Waals surface area contributed by atoms with Gasteiger partial charge in [0.25, 0.3) is 0 Å². The summed E-state index contributed by atoms with van der Waals surface area (Å²) in [5.74, 6) is 0.888. The summed E-state index contributed by atoms with van der Waals surface area (Å²) in [5, 5.41) is 12.1. The molecule has 1 aromatic carbocycles. The molecular formula is C19H19N5OS2. The first kappa shape index (κ1) is 19.2. The first-order valence-corrected chi connectivity index (χ1v) is 10.4. The number of carbonyl (C=O) groups excluding carboxylic acids is 1. The Morgan fingerprint density at radius 1 is 1.26 bits per heavy atom. The van der Waals surface area contributed by atoms with Gasteiger partial charge in [-0.3, -0.25) is 14.3 Å². The number of rotatable bonds is 8. The van der Waals surface area contributed by atoms with Gasteiger partial charge in [-0.25, -0.2) is 0 Å². The van der Waals surface area contributed by atoms with Crippen LogP contribution in [0.1, 0.15) is 0 Å². The predicted octanol–water partition coefficient (Wildman–Crippen LogP) is 3.98. The van der Waals surface area contributed by atoms with Gasteiger partial charge in [-0.15, -0.1) is 28.5 Å². The number of pyridine rings is 1. The van der Waals surface area contributed by atoms with Crippen LogP contribution in [0.5, 0.6) is 0 Å². The number of nitrogens with zero attached hydrogens (tertiary/aromatic N) is 4. The highest BCUT2D eigenvalue weighted by atomic mass is 32.2. The molecule has 0 radical (unpaired) electrons. The molecule has 0 spiro atoms. The molecular weight excluding hydrogens is 378 g/mol. The molecule has 0 atom stereocenters. The zero-order valence-electron chi connectivity index (χ0n) is 14.8. The van der Waals surface area contributed by atoms with Crippen molar-refractivity contribution in [1.29, 1.82) is 0 Å². The lowest BCUT2D eigenvalue weighted by molar-refractivity contribution is -0.113. The van der Waals surface area contributed by atoms with Gasteiger partial charge in [0.05, 0.1) is 5.75 Å². The molecule has 0 aliphatic rings. The van der Waals surface area contributed by atoms with Crippen LogP contribution in [0.25, 0.3) is 11.4 Å². The number of hydrogen-bond donors (Lipinski definition) is 1. The number of anilines is 1. The van der Waals surface area contributed by atoms with Crippen molar-refractivity contribution in [3.8, 4) is 11.4 Å². The van der Waals surface area contributed by atoms with Crippen LogP contribution in [0.3, 0.4) is 0 Å². The summed E-state index contributed by atoms with van der Waals surface area (Å²) in [6, 6.07) is 11.5. The van der Waals surface area contributed by atoms with Gasteiger partial charge in [0, 0.05) is 35.1 Å². The lowest BCUT2D eigenvalue weighted by atomic mass is 10.2. The van der Waals surface area contributed by atoms with E-state index in [0.717, 1.165) is 22.0 Å². The molecule has 0 bridgehead atoms. The van der Waals surface area contributed by atoms with Gasteiger partial charge < -0.3 is 5.32 Å². The van der Waals surface area contributed by atoms with E-state index >= 15 is 0 Å². The first-order chi connectivity index (χ1) is 13.2. The molecule has 3 aromatic rings. The highest BCUT2D eigenvalue weighted by Gasteiger charge is 2.15. The average Bonchev–Trinajstić information content (AvgIpc) is 3.10. The molecule has 8 heteroatoms. The number of benzene rings is 1. The van der Waals surface area contributed by atoms with Crippen LogP contribution in [-0.4, -0.2) is 37.7 Å². The topological polar surface area (TPSA) is 72.7 Å². The van der Waals surface area contributed by atoms with E-state index in [4.69, 9.17) is 0 Å². The van der Waals surface area contributed by atoms with E-state index in [2.05, 4.69) is 27.1 Å². The van der Waals surface area contributed by atoms with Gasteiger partial charge in [-0.05, 0) is 36.6 Å². The molecule has 1 N–H and O–H groups in total. The van der Waals surface area contributed by atoms with Crippen molar-refractivity contribution in [1.82, 2.24) is 19.7 Å². The normalized spacial score (nSPS) is 10.6. The van der Waals surface area contributed by atoms with Crippen LogP contribution in [0.2, 0.25) is 0 Å². The molecule has 0 saturated carbocycles. The van der Waals surface area contributed by atoms with Gasteiger partial charge in [0.2, 0.25) is 5.91 Å². The fourth-order valence-electron chi connectivity index (χ4n) is 2.43. The largest absolute Gasteiger partial charge is 0.325 e. The molecule has 6 nitrogen and oxygen atoms in total. The van der Waals surface area contributed by atoms with Gasteiger partial charge in [-0.1, -0.05) is 23.9 Å². The molecule has 0 fully saturated rings. The Morgan fingerprint density at radius 2 is 2.07 bits per heavy atom. The summed E-state index contributed by atoms with van der Waals surface area (Å²) in [4.78, 5) is 17.4. The second kappa shape index (κ2) is 9.38. The Bertz CT molecular complexity index is 927. The summed E-state index contributed by atoms with van der Waals surface area (Å²) >= 11 is 2.98. The van der Waals surface area contributed by atoms with E-state index in [0.29, 0.717) is 11.7 Å². The highest BCUT2D eigenvalue weighted by Crippen LogP contribution is 2.24. The van der Waals surface area contributed by atoms with E-state index in [9.17, 15) is 4.79 Å². The SMILES string of the molecule is C=CCn1c(SCC(=O)Nc2cccc(SC)c2)nnc1-c1ccncc1. The lowest BCUT2D eigenvalue weighted by Gasteiger charge is -2.08. The minimum atomic E-state index is -0.0862. The van der Waals surface area contributed by atoms with E-state index in [-0.39, 0.29) is 11.7 Å². The van der Waals surface area contributed by atoms with Crippen LogP contribution in [0.4, 0.5) is 5.69 Å². The van der Waals surface area contributed by atoms with Crippen molar-refractivity contribution < 1.29 is 4.79 Å². The highest BCUT2D eigenvalue weighted by molar-refractivity contribution is 7.99. The molecule has 2 aromatic heterocycles. The van der Waals surface area contributed by atoms with Crippen molar-refractivity contribution in [2.24, 2.45) is 0 Å². The monoisotopic (exact) mass is 397 g/mol. The smallest absolute Gasteiger partial charge is 0.234 e. The molecule has 3 rings (SSSR count). The number of aromatic nitrogens is 4. The number of hydrogen-bond acceptors (Lipinski definition) is 6. The minimum Gasteiger partial charge on any atom is -0.325 e. The molecule has 1 amide bonds. The Morgan fingerprint density at radius 3 is 2.81 bits per heavy atom. The molecule has 0 unspecified atom stereocenters. The third-order valence-corrected chi connectivity index (χ3v) is 5.34. The van der Waals surface area contributed by atoms with Crippen LogP contribution < -0.4 is 5.32 Å². The maximum absolute atomic E-state index is 12.3. The van der Waals surface area contributed by atoms with Gasteiger partial charge in [-0.2, -0.15) is 0 Å². The van der Waals surface area contributed by atoms with Gasteiger partial charge in [0.15, 0.2) is 11.0 Å². The Kier molecular flexibility index (Phi) is 6.67. The average molecular weight is 398 g/mol. The number of allylic oxidation sites excluding steroid dienone is 1. The van der Waals surface area contributed by atoms with Crippen LogP contribution in [0, 0.1) is 0 Å². The molecule has 138 valence electrons. The maximum atomic E-state index is 12.3. The van der Waals surface area contributed by atoms with E-state index in [1.807, 2.05) is 47.2 Å². The third-order valence-electron chi connectivity index (χ3n) is 3.65. The van der Waals surface area contributed by atoms with E-state index in [1.54, 1.807) is 30.2 Å². The van der Waals surface area contributed by atoms with Crippen molar-refractivity contribution in [3.63, 3.8) is 0 Å². The second-order valence-electron chi connectivity index (χ2n) is 5.51. The zero-order chi connectivity index (χ0) is 19.1. The summed E-state index contributed by atoms with van der Waals surface area (Å²) in [7, 11) is 0. The Hall–Kier alpha value is -2.58. The van der Waals surface area contributed by atoms with Crippen LogP contribution in [0.15, 0.2) is 71.5 Å². The quantitative estimate of drug-likeness (QED) is 0.458. The summed E-state index contributed by atoms with van der Waals surface area (Å²) < 4.78 is 1.94. The fraction of sp³-hybridized carbons (Fsp3) is 0.158. The maximum Gasteiger partial charge on any atom is 0.234 e. The zero-order valence-corrected chi connectivity index (χ0v) is 16.5. The molecule has 0 aliphatic heterocycles. The predicted molar refractivity (Wildman–Crippen MR) is 111 cm³/mol. The summed E-state index contributed by atoms with van der Waals surface area (Å²) in [6.07, 6.45) is 7.21.